The molecule has 2 saturated heterocycles. The van der Waals surface area contributed by atoms with E-state index in [0.717, 1.165) is 5.56 Å². The minimum absolute atomic E-state index is 0.0298. The summed E-state index contributed by atoms with van der Waals surface area (Å²) in [6.07, 6.45) is 4.41. The summed E-state index contributed by atoms with van der Waals surface area (Å²) in [4.78, 5) is 13.6. The Labute approximate surface area is 253 Å². The summed E-state index contributed by atoms with van der Waals surface area (Å²) in [6, 6.07) is 9.24. The first-order valence-electron chi connectivity index (χ1n) is 14.3. The van der Waals surface area contributed by atoms with E-state index in [4.69, 9.17) is 49.1 Å². The topological polar surface area (TPSA) is 120 Å². The molecule has 3 aromatic rings. The van der Waals surface area contributed by atoms with Crippen LogP contribution in [0.15, 0.2) is 30.3 Å². The Morgan fingerprint density at radius 3 is 2.43 bits per heavy atom. The van der Waals surface area contributed by atoms with Crippen molar-refractivity contribution < 1.29 is 52.5 Å². The molecule has 2 fully saturated rings. The third kappa shape index (κ3) is 4.49. The number of hydrogen-bond donors (Lipinski definition) is 1. The van der Waals surface area contributed by atoms with Gasteiger partial charge in [-0.2, -0.15) is 0 Å². The Hall–Kier alpha value is -4.21. The highest BCUT2D eigenvalue weighted by Gasteiger charge is 2.57. The normalized spacial score (nSPS) is 26.2. The van der Waals surface area contributed by atoms with E-state index in [2.05, 4.69) is 6.11 Å². The van der Waals surface area contributed by atoms with Gasteiger partial charge in [0.05, 0.1) is 20.8 Å². The molecule has 3 aliphatic heterocycles. The highest BCUT2D eigenvalue weighted by molar-refractivity contribution is 6.16. The highest BCUT2D eigenvalue weighted by Crippen LogP contribution is 2.50. The van der Waals surface area contributed by atoms with E-state index in [0.29, 0.717) is 69.1 Å². The molecular weight excluding hydrogens is 572 g/mol. The number of carbonyl (C=O) groups excluding carboxylic acids is 1. The lowest BCUT2D eigenvalue weighted by atomic mass is 9.89. The smallest absolute Gasteiger partial charge is 0.241 e. The van der Waals surface area contributed by atoms with Gasteiger partial charge in [0.2, 0.25) is 19.2 Å². The van der Waals surface area contributed by atoms with Crippen molar-refractivity contribution in [1.29, 1.82) is 0 Å². The Balaban J connectivity index is 1.43. The number of aliphatic hydroxyl groups excluding tert-OH is 1. The fourth-order valence-corrected chi connectivity index (χ4v) is 6.63. The van der Waals surface area contributed by atoms with Crippen molar-refractivity contribution in [2.75, 3.05) is 27.6 Å². The summed E-state index contributed by atoms with van der Waals surface area (Å²) in [6.45, 7) is 3.31. The van der Waals surface area contributed by atoms with Gasteiger partial charge in [-0.05, 0) is 55.5 Å². The highest BCUT2D eigenvalue weighted by atomic mass is 16.8. The van der Waals surface area contributed by atoms with Crippen LogP contribution in [0.1, 0.15) is 36.2 Å². The fourth-order valence-electron chi connectivity index (χ4n) is 6.63. The molecule has 5 unspecified atom stereocenters. The van der Waals surface area contributed by atoms with Crippen LogP contribution in [-0.2, 0) is 25.4 Å². The van der Waals surface area contributed by atoms with Gasteiger partial charge in [0.25, 0.3) is 0 Å². The van der Waals surface area contributed by atoms with Gasteiger partial charge < -0.3 is 47.7 Å². The number of methoxy groups -OCH3 is 2. The summed E-state index contributed by atoms with van der Waals surface area (Å²) < 4.78 is 53.4. The third-order valence-corrected chi connectivity index (χ3v) is 8.45. The van der Waals surface area contributed by atoms with Gasteiger partial charge in [0.15, 0.2) is 34.6 Å². The van der Waals surface area contributed by atoms with Gasteiger partial charge in [-0.1, -0.05) is 12.5 Å². The molecule has 7 rings (SSSR count). The summed E-state index contributed by atoms with van der Waals surface area (Å²) in [7, 11) is 3.10. The quantitative estimate of drug-likeness (QED) is 0.395. The maximum Gasteiger partial charge on any atom is 0.241 e. The average molecular weight is 605 g/mol. The van der Waals surface area contributed by atoms with E-state index < -0.39 is 36.5 Å². The molecule has 44 heavy (non-hydrogen) atoms. The van der Waals surface area contributed by atoms with Crippen LogP contribution in [0.3, 0.4) is 0 Å². The van der Waals surface area contributed by atoms with Crippen molar-refractivity contribution in [3.63, 3.8) is 0 Å². The average Bonchev–Trinajstić information content (AvgIpc) is 3.73. The van der Waals surface area contributed by atoms with Crippen molar-refractivity contribution in [2.24, 2.45) is 0 Å². The number of Topliss-reactive ketones (excluding diaryl/α,β-unsaturated/α-hetero) is 1. The molecule has 0 spiro atoms. The largest absolute Gasteiger partial charge is 0.493 e. The zero-order chi connectivity index (χ0) is 30.7. The van der Waals surface area contributed by atoms with Crippen molar-refractivity contribution in [2.45, 2.75) is 63.2 Å². The zero-order valence-electron chi connectivity index (χ0n) is 24.7. The molecule has 11 heteroatoms. The molecule has 0 amide bonds. The number of ether oxygens (including phenoxy) is 9. The molecule has 0 aromatic heterocycles. The Morgan fingerprint density at radius 1 is 0.977 bits per heavy atom. The molecular formula is C33H32O11. The number of rotatable bonds is 7. The van der Waals surface area contributed by atoms with E-state index in [1.807, 2.05) is 30.3 Å². The predicted octanol–water partition coefficient (Wildman–Crippen LogP) is 3.97. The summed E-state index contributed by atoms with van der Waals surface area (Å²) in [5, 5.41) is 11.6. The standard InChI is InChI=1S/C33H32O11/c1-6-38-31-30-29(43-33(2,3)44-30)25(14-34)41-32(31)42-28-17-8-9-20(35)27(17)26(16-7-10-21-24(11-16)40-15-39-21)18-12-22(36-4)23(37-5)13-19(18)28/h1,7,10-13,25,29-32,34H,8-9,14-15H2,2-5H3. The van der Waals surface area contributed by atoms with Crippen molar-refractivity contribution >= 4 is 16.6 Å². The maximum absolute atomic E-state index is 13.6. The van der Waals surface area contributed by atoms with E-state index in [9.17, 15) is 9.90 Å². The van der Waals surface area contributed by atoms with Crippen LogP contribution in [0, 0.1) is 12.5 Å². The summed E-state index contributed by atoms with van der Waals surface area (Å²) >= 11 is 0. The van der Waals surface area contributed by atoms with E-state index in [-0.39, 0.29) is 19.2 Å². The minimum atomic E-state index is -1.12. The van der Waals surface area contributed by atoms with Crippen molar-refractivity contribution in [3.05, 3.63) is 41.5 Å². The van der Waals surface area contributed by atoms with Crippen LogP contribution in [0.4, 0.5) is 0 Å². The molecule has 1 aliphatic carbocycles. The second-order valence-corrected chi connectivity index (χ2v) is 11.4. The van der Waals surface area contributed by atoms with Crippen LogP contribution in [0.25, 0.3) is 21.9 Å². The molecule has 5 atom stereocenters. The lowest BCUT2D eigenvalue weighted by Gasteiger charge is -2.40. The maximum atomic E-state index is 13.6. The monoisotopic (exact) mass is 604 g/mol. The van der Waals surface area contributed by atoms with Gasteiger partial charge in [-0.3, -0.25) is 4.79 Å². The molecule has 230 valence electrons. The van der Waals surface area contributed by atoms with Crippen molar-refractivity contribution in [1.82, 2.24) is 0 Å². The first kappa shape index (κ1) is 28.6. The van der Waals surface area contributed by atoms with Gasteiger partial charge >= 0.3 is 0 Å². The van der Waals surface area contributed by atoms with Gasteiger partial charge in [-0.25, -0.2) is 0 Å². The van der Waals surface area contributed by atoms with E-state index >= 15 is 0 Å². The van der Waals surface area contributed by atoms with Crippen molar-refractivity contribution in [3.8, 4) is 52.4 Å². The Morgan fingerprint density at radius 2 is 1.70 bits per heavy atom. The SMILES string of the molecule is C#COC1C(Oc2c3c(c(-c4ccc5c(c4)OCO5)c4cc(OC)c(OC)cc24)C(=O)CC3)OC(CO)C2OC(C)(C)OC21. The van der Waals surface area contributed by atoms with Crippen LogP contribution < -0.4 is 23.7 Å². The molecule has 3 aromatic carbocycles. The van der Waals surface area contributed by atoms with E-state index in [1.165, 1.54) is 0 Å². The first-order valence-corrected chi connectivity index (χ1v) is 14.3. The van der Waals surface area contributed by atoms with Gasteiger partial charge in [0.1, 0.15) is 30.2 Å². The molecule has 11 nitrogen and oxygen atoms in total. The minimum Gasteiger partial charge on any atom is -0.493 e. The second kappa shape index (κ2) is 10.7. The van der Waals surface area contributed by atoms with Crippen LogP contribution in [0.5, 0.6) is 28.7 Å². The summed E-state index contributed by atoms with van der Waals surface area (Å²) in [5.41, 5.74) is 2.72. The van der Waals surface area contributed by atoms with Gasteiger partial charge in [-0.15, -0.1) is 0 Å². The van der Waals surface area contributed by atoms with Crippen LogP contribution in [-0.4, -0.2) is 75.0 Å². The predicted molar refractivity (Wildman–Crippen MR) is 155 cm³/mol. The number of aliphatic hydroxyl groups is 1. The number of benzene rings is 3. The van der Waals surface area contributed by atoms with Gasteiger partial charge in [0, 0.05) is 28.5 Å². The molecule has 0 radical (unpaired) electrons. The second-order valence-electron chi connectivity index (χ2n) is 11.4. The fraction of sp³-hybridized carbons (Fsp3) is 0.424. The number of hydrogen-bond acceptors (Lipinski definition) is 11. The molecule has 0 saturated carbocycles. The number of fused-ring (bicyclic) bond motifs is 4. The van der Waals surface area contributed by atoms with E-state index in [1.54, 1.807) is 28.1 Å². The molecule has 3 heterocycles. The first-order chi connectivity index (χ1) is 21.3. The lowest BCUT2D eigenvalue weighted by Crippen LogP contribution is -2.59. The number of ketones is 1. The Kier molecular flexibility index (Phi) is 6.98. The molecule has 4 aliphatic rings. The van der Waals surface area contributed by atoms with Crippen LogP contribution in [0.2, 0.25) is 0 Å². The zero-order valence-corrected chi connectivity index (χ0v) is 24.7. The van der Waals surface area contributed by atoms with Crippen LogP contribution >= 0.6 is 0 Å². The lowest BCUT2D eigenvalue weighted by molar-refractivity contribution is -0.252. The number of terminal acetylenes is 1. The summed E-state index contributed by atoms with van der Waals surface area (Å²) in [5.74, 6) is 1.58. The molecule has 1 N–H and O–H groups in total. The Bertz CT molecular complexity index is 1690. The number of carbonyl (C=O) groups is 1. The molecule has 0 bridgehead atoms. The third-order valence-electron chi connectivity index (χ3n) is 8.45.